The molecule has 0 radical (unpaired) electrons. The molecule has 1 heterocycles. The van der Waals surface area contributed by atoms with Gasteiger partial charge in [0.05, 0.1) is 12.8 Å². The number of ether oxygens (including phenoxy) is 1. The largest absolute Gasteiger partial charge is 0.495 e. The standard InChI is InChI=1S/C15H23N3O2/c1-11-4-3-7-18(10-11)15(19)17-9-12-5-6-14(20-2)13(16)8-12/h5-6,8,11H,3-4,7,9-10,16H2,1-2H3,(H,17,19). The van der Waals surface area contributed by atoms with Gasteiger partial charge in [0, 0.05) is 19.6 Å². The number of anilines is 1. The highest BCUT2D eigenvalue weighted by atomic mass is 16.5. The number of benzene rings is 1. The third-order valence-corrected chi connectivity index (χ3v) is 3.68. The SMILES string of the molecule is COc1ccc(CNC(=O)N2CCCC(C)C2)cc1N. The first-order valence-corrected chi connectivity index (χ1v) is 7.05. The Morgan fingerprint density at radius 2 is 2.35 bits per heavy atom. The molecular weight excluding hydrogens is 254 g/mol. The van der Waals surface area contributed by atoms with Crippen molar-refractivity contribution in [3.63, 3.8) is 0 Å². The van der Waals surface area contributed by atoms with Crippen molar-refractivity contribution >= 4 is 11.7 Å². The van der Waals surface area contributed by atoms with Gasteiger partial charge in [-0.2, -0.15) is 0 Å². The predicted molar refractivity (Wildman–Crippen MR) is 79.6 cm³/mol. The Balaban J connectivity index is 1.88. The van der Waals surface area contributed by atoms with Crippen molar-refractivity contribution in [2.24, 2.45) is 5.92 Å². The lowest BCUT2D eigenvalue weighted by molar-refractivity contribution is 0.169. The van der Waals surface area contributed by atoms with Crippen LogP contribution in [0.1, 0.15) is 25.3 Å². The Morgan fingerprint density at radius 1 is 1.55 bits per heavy atom. The number of hydrogen-bond acceptors (Lipinski definition) is 3. The quantitative estimate of drug-likeness (QED) is 0.832. The predicted octanol–water partition coefficient (Wildman–Crippen LogP) is 2.22. The van der Waals surface area contributed by atoms with E-state index in [9.17, 15) is 4.79 Å². The van der Waals surface area contributed by atoms with Crippen LogP contribution in [0.2, 0.25) is 0 Å². The molecule has 0 saturated carbocycles. The molecule has 1 aromatic carbocycles. The Kier molecular flexibility index (Phi) is 4.71. The van der Waals surface area contributed by atoms with Crippen molar-refractivity contribution in [1.82, 2.24) is 10.2 Å². The zero-order chi connectivity index (χ0) is 14.5. The van der Waals surface area contributed by atoms with Gasteiger partial charge in [0.15, 0.2) is 0 Å². The summed E-state index contributed by atoms with van der Waals surface area (Å²) in [5.41, 5.74) is 7.41. The molecule has 0 bridgehead atoms. The van der Waals surface area contributed by atoms with Gasteiger partial charge in [0.25, 0.3) is 0 Å². The average molecular weight is 277 g/mol. The molecule has 1 aliphatic rings. The molecule has 3 N–H and O–H groups in total. The number of nitrogens with zero attached hydrogens (tertiary/aromatic N) is 1. The molecule has 5 heteroatoms. The molecule has 5 nitrogen and oxygen atoms in total. The van der Waals surface area contributed by atoms with E-state index in [1.54, 1.807) is 7.11 Å². The Bertz CT molecular complexity index is 476. The smallest absolute Gasteiger partial charge is 0.317 e. The molecule has 0 aromatic heterocycles. The fourth-order valence-corrected chi connectivity index (χ4v) is 2.56. The molecule has 1 atom stereocenters. The monoisotopic (exact) mass is 277 g/mol. The molecule has 0 aliphatic carbocycles. The summed E-state index contributed by atoms with van der Waals surface area (Å²) in [5.74, 6) is 1.25. The summed E-state index contributed by atoms with van der Waals surface area (Å²) in [6.45, 7) is 4.36. The van der Waals surface area contributed by atoms with Crippen molar-refractivity contribution in [2.75, 3.05) is 25.9 Å². The molecule has 1 unspecified atom stereocenters. The van der Waals surface area contributed by atoms with Crippen LogP contribution in [0.15, 0.2) is 18.2 Å². The molecule has 1 aromatic rings. The lowest BCUT2D eigenvalue weighted by Gasteiger charge is -2.31. The zero-order valence-corrected chi connectivity index (χ0v) is 12.2. The molecule has 1 fully saturated rings. The van der Waals surface area contributed by atoms with Crippen LogP contribution in [0.3, 0.4) is 0 Å². The third kappa shape index (κ3) is 3.56. The second-order valence-electron chi connectivity index (χ2n) is 5.43. The molecule has 1 aliphatic heterocycles. The van der Waals surface area contributed by atoms with Crippen LogP contribution in [0.4, 0.5) is 10.5 Å². The Morgan fingerprint density at radius 3 is 3.00 bits per heavy atom. The van der Waals surface area contributed by atoms with Gasteiger partial charge < -0.3 is 20.7 Å². The lowest BCUT2D eigenvalue weighted by atomic mass is 10.0. The first kappa shape index (κ1) is 14.5. The zero-order valence-electron chi connectivity index (χ0n) is 12.2. The third-order valence-electron chi connectivity index (χ3n) is 3.68. The normalized spacial score (nSPS) is 18.7. The van der Waals surface area contributed by atoms with Crippen molar-refractivity contribution in [3.8, 4) is 5.75 Å². The van der Waals surface area contributed by atoms with Gasteiger partial charge in [0.1, 0.15) is 5.75 Å². The lowest BCUT2D eigenvalue weighted by Crippen LogP contribution is -2.44. The van der Waals surface area contributed by atoms with E-state index in [1.165, 1.54) is 6.42 Å². The number of carbonyl (C=O) groups excluding carboxylic acids is 1. The summed E-state index contributed by atoms with van der Waals surface area (Å²) in [6.07, 6.45) is 2.29. The summed E-state index contributed by atoms with van der Waals surface area (Å²) in [5, 5.41) is 2.94. The molecule has 20 heavy (non-hydrogen) atoms. The Hall–Kier alpha value is -1.91. The number of urea groups is 1. The van der Waals surface area contributed by atoms with Crippen LogP contribution >= 0.6 is 0 Å². The van der Waals surface area contributed by atoms with Gasteiger partial charge in [-0.1, -0.05) is 13.0 Å². The van der Waals surface area contributed by atoms with E-state index in [-0.39, 0.29) is 6.03 Å². The number of nitrogens with two attached hydrogens (primary N) is 1. The highest BCUT2D eigenvalue weighted by Gasteiger charge is 2.20. The van der Waals surface area contributed by atoms with Gasteiger partial charge in [-0.15, -0.1) is 0 Å². The van der Waals surface area contributed by atoms with Crippen molar-refractivity contribution in [2.45, 2.75) is 26.3 Å². The summed E-state index contributed by atoms with van der Waals surface area (Å²) < 4.78 is 5.11. The summed E-state index contributed by atoms with van der Waals surface area (Å²) in [7, 11) is 1.59. The van der Waals surface area contributed by atoms with Crippen molar-refractivity contribution in [3.05, 3.63) is 23.8 Å². The molecule has 0 spiro atoms. The molecule has 2 rings (SSSR count). The molecule has 1 saturated heterocycles. The number of carbonyl (C=O) groups is 1. The maximum atomic E-state index is 12.1. The Labute approximate surface area is 120 Å². The first-order valence-electron chi connectivity index (χ1n) is 7.05. The number of nitrogens with one attached hydrogen (secondary N) is 1. The number of hydrogen-bond donors (Lipinski definition) is 2. The van der Waals surface area contributed by atoms with Gasteiger partial charge in [-0.05, 0) is 36.5 Å². The van der Waals surface area contributed by atoms with Crippen LogP contribution in [0, 0.1) is 5.92 Å². The van der Waals surface area contributed by atoms with E-state index >= 15 is 0 Å². The van der Waals surface area contributed by atoms with E-state index in [4.69, 9.17) is 10.5 Å². The average Bonchev–Trinajstić information content (AvgIpc) is 2.45. The number of rotatable bonds is 3. The minimum absolute atomic E-state index is 0.00550. The van der Waals surface area contributed by atoms with E-state index in [0.717, 1.165) is 25.1 Å². The van der Waals surface area contributed by atoms with Crippen LogP contribution in [-0.2, 0) is 6.54 Å². The van der Waals surface area contributed by atoms with Gasteiger partial charge in [-0.3, -0.25) is 0 Å². The van der Waals surface area contributed by atoms with Crippen molar-refractivity contribution < 1.29 is 9.53 Å². The van der Waals surface area contributed by atoms with Crippen LogP contribution in [0.5, 0.6) is 5.75 Å². The maximum Gasteiger partial charge on any atom is 0.317 e. The van der Waals surface area contributed by atoms with Crippen LogP contribution < -0.4 is 15.8 Å². The van der Waals surface area contributed by atoms with E-state index in [0.29, 0.717) is 23.9 Å². The molecule has 2 amide bonds. The fraction of sp³-hybridized carbons (Fsp3) is 0.533. The number of piperidine rings is 1. The van der Waals surface area contributed by atoms with Crippen LogP contribution in [0.25, 0.3) is 0 Å². The maximum absolute atomic E-state index is 12.1. The number of amides is 2. The first-order chi connectivity index (χ1) is 9.60. The van der Waals surface area contributed by atoms with E-state index < -0.39 is 0 Å². The topological polar surface area (TPSA) is 67.6 Å². The number of likely N-dealkylation sites (tertiary alicyclic amines) is 1. The second kappa shape index (κ2) is 6.50. The van der Waals surface area contributed by atoms with E-state index in [1.807, 2.05) is 23.1 Å². The summed E-state index contributed by atoms with van der Waals surface area (Å²) >= 11 is 0. The second-order valence-corrected chi connectivity index (χ2v) is 5.43. The van der Waals surface area contributed by atoms with Crippen molar-refractivity contribution in [1.29, 1.82) is 0 Å². The van der Waals surface area contributed by atoms with Crippen LogP contribution in [-0.4, -0.2) is 31.1 Å². The summed E-state index contributed by atoms with van der Waals surface area (Å²) in [4.78, 5) is 14.0. The minimum Gasteiger partial charge on any atom is -0.495 e. The fourth-order valence-electron chi connectivity index (χ4n) is 2.56. The van der Waals surface area contributed by atoms with Gasteiger partial charge in [0.2, 0.25) is 0 Å². The highest BCUT2D eigenvalue weighted by Crippen LogP contribution is 2.22. The van der Waals surface area contributed by atoms with Gasteiger partial charge in [-0.25, -0.2) is 4.79 Å². The molecular formula is C15H23N3O2. The summed E-state index contributed by atoms with van der Waals surface area (Å²) in [6, 6.07) is 5.57. The minimum atomic E-state index is 0.00550. The highest BCUT2D eigenvalue weighted by molar-refractivity contribution is 5.74. The molecule has 110 valence electrons. The van der Waals surface area contributed by atoms with Gasteiger partial charge >= 0.3 is 6.03 Å². The number of methoxy groups -OCH3 is 1. The van der Waals surface area contributed by atoms with E-state index in [2.05, 4.69) is 12.2 Å². The number of nitrogen functional groups attached to an aromatic ring is 1.